The molecule has 1 N–H and O–H groups in total. The van der Waals surface area contributed by atoms with Gasteiger partial charge in [-0.2, -0.15) is 0 Å². The molecule has 0 aliphatic rings. The molecule has 0 bridgehead atoms. The number of aromatic nitrogens is 3. The summed E-state index contributed by atoms with van der Waals surface area (Å²) in [5, 5.41) is 6.45. The number of anilines is 1. The molecule has 2 aromatic heterocycles. The van der Waals surface area contributed by atoms with Crippen molar-refractivity contribution in [3.8, 4) is 22.6 Å². The molecular weight excluding hydrogens is 347 g/mol. The Balaban J connectivity index is 1.48. The molecular formula is C20H13FN4O2. The first-order valence-corrected chi connectivity index (χ1v) is 8.10. The molecule has 132 valence electrons. The van der Waals surface area contributed by atoms with Gasteiger partial charge >= 0.3 is 0 Å². The zero-order valence-corrected chi connectivity index (χ0v) is 14.0. The lowest BCUT2D eigenvalue weighted by molar-refractivity contribution is 0.0988. The second-order valence-electron chi connectivity index (χ2n) is 5.70. The fourth-order valence-electron chi connectivity index (χ4n) is 2.49. The number of rotatable bonds is 4. The van der Waals surface area contributed by atoms with Crippen LogP contribution in [0.2, 0.25) is 0 Å². The van der Waals surface area contributed by atoms with Gasteiger partial charge in [0.1, 0.15) is 11.5 Å². The molecule has 0 radical (unpaired) electrons. The summed E-state index contributed by atoms with van der Waals surface area (Å²) in [7, 11) is 0. The third-order valence-corrected chi connectivity index (χ3v) is 3.80. The molecule has 0 saturated carbocycles. The summed E-state index contributed by atoms with van der Waals surface area (Å²) in [6.45, 7) is 0. The SMILES string of the molecule is O=C(Nc1cnc(-c2ccccc2)nc1)c1cc(-c2cccc(F)c2)no1. The highest BCUT2D eigenvalue weighted by atomic mass is 19.1. The first-order valence-electron chi connectivity index (χ1n) is 8.10. The van der Waals surface area contributed by atoms with Crippen molar-refractivity contribution in [1.82, 2.24) is 15.1 Å². The van der Waals surface area contributed by atoms with Gasteiger partial charge in [0.25, 0.3) is 5.91 Å². The minimum absolute atomic E-state index is 0.00129. The van der Waals surface area contributed by atoms with Gasteiger partial charge in [-0.05, 0) is 12.1 Å². The highest BCUT2D eigenvalue weighted by Crippen LogP contribution is 2.21. The van der Waals surface area contributed by atoms with Crippen LogP contribution in [0.1, 0.15) is 10.6 Å². The lowest BCUT2D eigenvalue weighted by Crippen LogP contribution is -2.11. The summed E-state index contributed by atoms with van der Waals surface area (Å²) in [6, 6.07) is 16.8. The van der Waals surface area contributed by atoms with Gasteiger partial charge in [0.05, 0.1) is 18.1 Å². The van der Waals surface area contributed by atoms with Gasteiger partial charge in [0.2, 0.25) is 5.76 Å². The number of carbonyl (C=O) groups is 1. The number of benzene rings is 2. The number of hydrogen-bond donors (Lipinski definition) is 1. The van der Waals surface area contributed by atoms with Crippen LogP contribution in [0, 0.1) is 5.82 Å². The first-order chi connectivity index (χ1) is 13.2. The largest absolute Gasteiger partial charge is 0.350 e. The van der Waals surface area contributed by atoms with Gasteiger partial charge in [-0.3, -0.25) is 4.79 Å². The summed E-state index contributed by atoms with van der Waals surface area (Å²) in [6.07, 6.45) is 3.02. The summed E-state index contributed by atoms with van der Waals surface area (Å²) in [5.41, 5.74) is 2.19. The topological polar surface area (TPSA) is 80.9 Å². The maximum atomic E-state index is 13.3. The second-order valence-corrected chi connectivity index (χ2v) is 5.70. The molecule has 6 nitrogen and oxygen atoms in total. The van der Waals surface area contributed by atoms with Crippen molar-refractivity contribution >= 4 is 11.6 Å². The van der Waals surface area contributed by atoms with Crippen LogP contribution in [0.15, 0.2) is 77.6 Å². The van der Waals surface area contributed by atoms with Gasteiger partial charge < -0.3 is 9.84 Å². The van der Waals surface area contributed by atoms with Crippen molar-refractivity contribution < 1.29 is 13.7 Å². The molecule has 0 atom stereocenters. The highest BCUT2D eigenvalue weighted by molar-refractivity contribution is 6.02. The van der Waals surface area contributed by atoms with Gasteiger partial charge in [0, 0.05) is 17.2 Å². The minimum atomic E-state index is -0.499. The van der Waals surface area contributed by atoms with Crippen molar-refractivity contribution in [2.75, 3.05) is 5.32 Å². The van der Waals surface area contributed by atoms with Gasteiger partial charge in [0.15, 0.2) is 5.82 Å². The molecule has 4 aromatic rings. The van der Waals surface area contributed by atoms with E-state index in [9.17, 15) is 9.18 Å². The quantitative estimate of drug-likeness (QED) is 0.590. The van der Waals surface area contributed by atoms with Crippen LogP contribution in [0.5, 0.6) is 0 Å². The monoisotopic (exact) mass is 360 g/mol. The number of hydrogen-bond acceptors (Lipinski definition) is 5. The smallest absolute Gasteiger partial charge is 0.294 e. The molecule has 0 aliphatic heterocycles. The lowest BCUT2D eigenvalue weighted by atomic mass is 10.1. The van der Waals surface area contributed by atoms with Gasteiger partial charge in [-0.25, -0.2) is 14.4 Å². The van der Waals surface area contributed by atoms with E-state index in [1.54, 1.807) is 12.1 Å². The molecule has 27 heavy (non-hydrogen) atoms. The van der Waals surface area contributed by atoms with Crippen LogP contribution in [0.25, 0.3) is 22.6 Å². The third-order valence-electron chi connectivity index (χ3n) is 3.80. The summed E-state index contributed by atoms with van der Waals surface area (Å²) in [4.78, 5) is 20.8. The van der Waals surface area contributed by atoms with E-state index in [1.165, 1.54) is 30.6 Å². The Bertz CT molecular complexity index is 1080. The van der Waals surface area contributed by atoms with Crippen LogP contribution >= 0.6 is 0 Å². The summed E-state index contributed by atoms with van der Waals surface area (Å²) < 4.78 is 18.4. The Morgan fingerprint density at radius 2 is 1.67 bits per heavy atom. The van der Waals surface area contributed by atoms with Gasteiger partial charge in [-0.15, -0.1) is 0 Å². The molecule has 7 heteroatoms. The average molecular weight is 360 g/mol. The zero-order chi connectivity index (χ0) is 18.6. The van der Waals surface area contributed by atoms with E-state index < -0.39 is 11.7 Å². The maximum absolute atomic E-state index is 13.3. The van der Waals surface area contributed by atoms with Gasteiger partial charge in [-0.1, -0.05) is 47.6 Å². The fourth-order valence-corrected chi connectivity index (χ4v) is 2.49. The fraction of sp³-hybridized carbons (Fsp3) is 0. The Morgan fingerprint density at radius 1 is 0.926 bits per heavy atom. The van der Waals surface area contributed by atoms with Crippen molar-refractivity contribution in [3.63, 3.8) is 0 Å². The van der Waals surface area contributed by atoms with E-state index in [-0.39, 0.29) is 5.76 Å². The average Bonchev–Trinajstić information content (AvgIpc) is 3.20. The number of halogens is 1. The molecule has 0 spiro atoms. The van der Waals surface area contributed by atoms with Crippen LogP contribution < -0.4 is 5.32 Å². The Kier molecular flexibility index (Phi) is 4.40. The zero-order valence-electron chi connectivity index (χ0n) is 14.0. The first kappa shape index (κ1) is 16.6. The predicted molar refractivity (Wildman–Crippen MR) is 97.3 cm³/mol. The normalized spacial score (nSPS) is 10.6. The number of amides is 1. The Morgan fingerprint density at radius 3 is 2.41 bits per heavy atom. The highest BCUT2D eigenvalue weighted by Gasteiger charge is 2.15. The summed E-state index contributed by atoms with van der Waals surface area (Å²) in [5.74, 6) is -0.332. The molecule has 0 saturated heterocycles. The number of carbonyl (C=O) groups excluding carboxylic acids is 1. The molecule has 1 amide bonds. The van der Waals surface area contributed by atoms with E-state index >= 15 is 0 Å². The van der Waals surface area contributed by atoms with Crippen LogP contribution in [-0.4, -0.2) is 21.0 Å². The molecule has 2 aromatic carbocycles. The number of nitrogens with zero attached hydrogens (tertiary/aromatic N) is 3. The Hall–Kier alpha value is -3.87. The minimum Gasteiger partial charge on any atom is -0.350 e. The van der Waals surface area contributed by atoms with E-state index in [0.717, 1.165) is 5.56 Å². The number of nitrogens with one attached hydrogen (secondary N) is 1. The standard InChI is InChI=1S/C20H13FN4O2/c21-15-8-4-7-14(9-15)17-10-18(27-25-17)20(26)24-16-11-22-19(23-12-16)13-5-2-1-3-6-13/h1-12H,(H,24,26). The maximum Gasteiger partial charge on any atom is 0.294 e. The van der Waals surface area contributed by atoms with Crippen LogP contribution in [0.4, 0.5) is 10.1 Å². The van der Waals surface area contributed by atoms with Crippen molar-refractivity contribution in [3.05, 3.63) is 84.6 Å². The van der Waals surface area contributed by atoms with E-state index in [0.29, 0.717) is 22.8 Å². The second kappa shape index (κ2) is 7.17. The Labute approximate surface area is 153 Å². The van der Waals surface area contributed by atoms with Crippen molar-refractivity contribution in [2.45, 2.75) is 0 Å². The van der Waals surface area contributed by atoms with E-state index in [1.807, 2.05) is 30.3 Å². The summed E-state index contributed by atoms with van der Waals surface area (Å²) >= 11 is 0. The van der Waals surface area contributed by atoms with E-state index in [4.69, 9.17) is 4.52 Å². The molecule has 0 unspecified atom stereocenters. The van der Waals surface area contributed by atoms with Crippen molar-refractivity contribution in [2.24, 2.45) is 0 Å². The van der Waals surface area contributed by atoms with Crippen LogP contribution in [0.3, 0.4) is 0 Å². The molecule has 2 heterocycles. The van der Waals surface area contributed by atoms with E-state index in [2.05, 4.69) is 20.4 Å². The van der Waals surface area contributed by atoms with Crippen molar-refractivity contribution in [1.29, 1.82) is 0 Å². The predicted octanol–water partition coefficient (Wildman–Crippen LogP) is 4.19. The lowest BCUT2D eigenvalue weighted by Gasteiger charge is -2.03. The molecule has 0 fully saturated rings. The molecule has 4 rings (SSSR count). The third kappa shape index (κ3) is 3.72. The molecule has 0 aliphatic carbocycles. The van der Waals surface area contributed by atoms with Crippen LogP contribution in [-0.2, 0) is 0 Å².